The highest BCUT2D eigenvalue weighted by Gasteiger charge is 2.02. The van der Waals surface area contributed by atoms with E-state index >= 15 is 0 Å². The zero-order chi connectivity index (χ0) is 13.5. The van der Waals surface area contributed by atoms with Gasteiger partial charge in [0.05, 0.1) is 0 Å². The molecule has 0 rings (SSSR count). The maximum absolute atomic E-state index is 10.3. The van der Waals surface area contributed by atoms with Crippen LogP contribution in [0.2, 0.25) is 0 Å². The molecule has 0 saturated carbocycles. The fourth-order valence-electron chi connectivity index (χ4n) is 0.558. The summed E-state index contributed by atoms with van der Waals surface area (Å²) in [7, 11) is 0. The molecule has 0 unspecified atom stereocenters. The van der Waals surface area contributed by atoms with E-state index in [4.69, 9.17) is 11.5 Å². The largest absolute Gasteiger partial charge is 1.00 e. The fraction of sp³-hybridized carbons (Fsp3) is 0.400. The van der Waals surface area contributed by atoms with Gasteiger partial charge in [-0.25, -0.2) is 9.59 Å². The number of carbonyl (C=O) groups excluding carboxylic acids is 2. The number of quaternary nitrogens is 2. The average molecular weight is 390 g/mol. The van der Waals surface area contributed by atoms with Crippen LogP contribution in [-0.2, 0) is 9.59 Å². The molecule has 2 amide bonds. The van der Waals surface area contributed by atoms with Crippen molar-refractivity contribution in [3.05, 3.63) is 22.5 Å². The lowest BCUT2D eigenvalue weighted by Crippen LogP contribution is -3.00. The van der Waals surface area contributed by atoms with Crippen LogP contribution >= 0.6 is 0 Å². The van der Waals surface area contributed by atoms with Crippen molar-refractivity contribution in [3.63, 3.8) is 0 Å². The first-order valence-corrected chi connectivity index (χ1v) is 4.69. The molecule has 0 heterocycles. The summed E-state index contributed by atoms with van der Waals surface area (Å²) in [5.74, 6) is -0.602. The number of hydrogen-bond donors (Lipinski definition) is 4. The topological polar surface area (TPSA) is 141 Å². The van der Waals surface area contributed by atoms with Gasteiger partial charge in [-0.05, 0) is 38.8 Å². The molecule has 0 atom stereocenters. The summed E-state index contributed by atoms with van der Waals surface area (Å²) >= 11 is 0. The first kappa shape index (κ1) is 26.0. The lowest BCUT2D eigenvalue weighted by Gasteiger charge is -1.90. The summed E-state index contributed by atoms with van der Waals surface area (Å²) in [6, 6.07) is 0. The molecule has 10 N–H and O–H groups in total. The highest BCUT2D eigenvalue weighted by molar-refractivity contribution is 5.84. The maximum Gasteiger partial charge on any atom is 0.356 e. The van der Waals surface area contributed by atoms with E-state index in [2.05, 4.69) is 11.5 Å². The van der Waals surface area contributed by atoms with Crippen LogP contribution in [0, 0.1) is 0 Å². The lowest BCUT2D eigenvalue weighted by atomic mass is 10.2. The van der Waals surface area contributed by atoms with E-state index in [9.17, 15) is 9.59 Å². The van der Waals surface area contributed by atoms with Gasteiger partial charge in [0.25, 0.3) is 0 Å². The number of nitrogens with two attached hydrogens (primary N) is 2. The summed E-state index contributed by atoms with van der Waals surface area (Å²) in [5.41, 5.74) is 18.9. The van der Waals surface area contributed by atoms with E-state index in [1.165, 1.54) is 0 Å². The summed E-state index contributed by atoms with van der Waals surface area (Å²) in [4.78, 5) is 20.6. The third kappa shape index (κ3) is 13.4. The predicted octanol–water partition coefficient (Wildman–Crippen LogP) is -7.98. The van der Waals surface area contributed by atoms with E-state index in [-0.39, 0.29) is 57.2 Å². The Morgan fingerprint density at radius 1 is 0.722 bits per heavy atom. The van der Waals surface area contributed by atoms with E-state index in [1.54, 1.807) is 27.7 Å². The van der Waals surface area contributed by atoms with Crippen molar-refractivity contribution in [2.24, 2.45) is 11.5 Å². The third-order valence-corrected chi connectivity index (χ3v) is 1.68. The number of halogens is 2. The second-order valence-corrected chi connectivity index (χ2v) is 3.67. The van der Waals surface area contributed by atoms with Gasteiger partial charge in [-0.3, -0.25) is 11.5 Å². The van der Waals surface area contributed by atoms with E-state index in [1.807, 2.05) is 0 Å². The molecule has 0 aromatic rings. The smallest absolute Gasteiger partial charge is 0.356 e. The first-order chi connectivity index (χ1) is 7.11. The summed E-state index contributed by atoms with van der Waals surface area (Å²) < 4.78 is 0. The van der Waals surface area contributed by atoms with Gasteiger partial charge in [0.1, 0.15) is 11.4 Å². The van der Waals surface area contributed by atoms with Gasteiger partial charge in [0.15, 0.2) is 0 Å². The van der Waals surface area contributed by atoms with Crippen LogP contribution in [0.4, 0.5) is 0 Å². The Labute approximate surface area is 128 Å². The van der Waals surface area contributed by atoms with Crippen LogP contribution in [0.5, 0.6) is 0 Å². The second-order valence-electron chi connectivity index (χ2n) is 3.67. The number of carbonyl (C=O) groups is 2. The standard InChI is InChI=1S/2C5H10N2O.2BrH/c2*1-3(2)4(6)5(7)8;;/h2*6H2,1-2H3,(H2,7,8);2*1H. The molecule has 0 spiro atoms. The minimum absolute atomic E-state index is 0. The fourth-order valence-corrected chi connectivity index (χ4v) is 0.558. The van der Waals surface area contributed by atoms with E-state index in [0.29, 0.717) is 0 Å². The van der Waals surface area contributed by atoms with Crippen molar-refractivity contribution < 1.29 is 55.0 Å². The van der Waals surface area contributed by atoms with Crippen LogP contribution in [0.15, 0.2) is 22.5 Å². The molecule has 0 aromatic carbocycles. The minimum atomic E-state index is -0.301. The molecule has 0 aliphatic rings. The van der Waals surface area contributed by atoms with Gasteiger partial charge >= 0.3 is 11.8 Å². The van der Waals surface area contributed by atoms with Crippen molar-refractivity contribution in [2.75, 3.05) is 0 Å². The first-order valence-electron chi connectivity index (χ1n) is 4.69. The molecule has 0 aromatic heterocycles. The van der Waals surface area contributed by atoms with E-state index in [0.717, 1.165) is 11.1 Å². The Morgan fingerprint density at radius 2 is 0.889 bits per heavy atom. The third-order valence-electron chi connectivity index (χ3n) is 1.68. The van der Waals surface area contributed by atoms with Crippen LogP contribution in [-0.4, -0.2) is 11.8 Å². The van der Waals surface area contributed by atoms with Gasteiger partial charge < -0.3 is 45.4 Å². The van der Waals surface area contributed by atoms with Crippen molar-refractivity contribution in [3.8, 4) is 0 Å². The molecule has 0 aliphatic heterocycles. The normalized spacial score (nSPS) is 7.44. The highest BCUT2D eigenvalue weighted by atomic mass is 79.9. The molecule has 108 valence electrons. The van der Waals surface area contributed by atoms with Crippen molar-refractivity contribution in [2.45, 2.75) is 27.7 Å². The quantitative estimate of drug-likeness (QED) is 0.348. The van der Waals surface area contributed by atoms with E-state index < -0.39 is 0 Å². The molecular weight excluding hydrogens is 368 g/mol. The predicted molar refractivity (Wildman–Crippen MR) is 60.9 cm³/mol. The van der Waals surface area contributed by atoms with Crippen molar-refractivity contribution >= 4 is 11.8 Å². The Hall–Kier alpha value is -0.700. The minimum Gasteiger partial charge on any atom is -1.00 e. The zero-order valence-corrected chi connectivity index (χ0v) is 14.3. The molecule has 0 aliphatic carbocycles. The highest BCUT2D eigenvalue weighted by Crippen LogP contribution is 1.91. The number of amides is 2. The Morgan fingerprint density at radius 3 is 0.889 bits per heavy atom. The van der Waals surface area contributed by atoms with Gasteiger partial charge in [-0.1, -0.05) is 0 Å². The van der Waals surface area contributed by atoms with Gasteiger partial charge in [-0.15, -0.1) is 0 Å². The number of rotatable bonds is 2. The van der Waals surface area contributed by atoms with Crippen LogP contribution < -0.4 is 56.9 Å². The lowest BCUT2D eigenvalue weighted by molar-refractivity contribution is -0.300. The zero-order valence-electron chi connectivity index (χ0n) is 11.1. The summed E-state index contributed by atoms with van der Waals surface area (Å²) in [6.45, 7) is 7.10. The Bertz CT molecular complexity index is 310. The molecular formula is C10H22Br2N4O2. The number of allylic oxidation sites excluding steroid dienone is 2. The van der Waals surface area contributed by atoms with Crippen LogP contribution in [0.1, 0.15) is 27.7 Å². The molecule has 8 heteroatoms. The van der Waals surface area contributed by atoms with Gasteiger partial charge in [0, 0.05) is 0 Å². The summed E-state index contributed by atoms with van der Waals surface area (Å²) in [5, 5.41) is 0. The summed E-state index contributed by atoms with van der Waals surface area (Å²) in [6.07, 6.45) is 0. The molecule has 0 saturated heterocycles. The molecule has 0 radical (unpaired) electrons. The average Bonchev–Trinajstić information content (AvgIpc) is 2.15. The second kappa shape index (κ2) is 12.7. The molecule has 6 nitrogen and oxygen atoms in total. The molecule has 0 fully saturated rings. The monoisotopic (exact) mass is 388 g/mol. The van der Waals surface area contributed by atoms with Crippen molar-refractivity contribution in [1.29, 1.82) is 0 Å². The molecule has 18 heavy (non-hydrogen) atoms. The number of hydrogen-bond acceptors (Lipinski definition) is 4. The van der Waals surface area contributed by atoms with Gasteiger partial charge in [0.2, 0.25) is 0 Å². The van der Waals surface area contributed by atoms with Gasteiger partial charge in [-0.2, -0.15) is 0 Å². The van der Waals surface area contributed by atoms with Crippen LogP contribution in [0.25, 0.3) is 0 Å². The Kier molecular flexibility index (Phi) is 18.4. The maximum atomic E-state index is 10.3. The van der Waals surface area contributed by atoms with Crippen molar-refractivity contribution in [1.82, 2.24) is 0 Å². The van der Waals surface area contributed by atoms with Crippen LogP contribution in [0.3, 0.4) is 0 Å². The Balaban J connectivity index is -0.0000000980. The SMILES string of the molecule is CC(C)=C(N)C([NH3+])=O.CC(C)=C(N)C([NH3+])=O.[Br-].[Br-]. The molecule has 0 bridgehead atoms.